The van der Waals surface area contributed by atoms with Crippen LogP contribution < -0.4 is 10.1 Å². The second-order valence-electron chi connectivity index (χ2n) is 4.62. The van der Waals surface area contributed by atoms with Gasteiger partial charge in [-0.1, -0.05) is 42.5 Å². The van der Waals surface area contributed by atoms with Crippen LogP contribution in [0.4, 0.5) is 5.69 Å². The summed E-state index contributed by atoms with van der Waals surface area (Å²) in [7, 11) is 0. The van der Waals surface area contributed by atoms with Crippen LogP contribution >= 0.6 is 0 Å². The van der Waals surface area contributed by atoms with Crippen LogP contribution in [0.2, 0.25) is 0 Å². The molecule has 0 aromatic heterocycles. The fourth-order valence-corrected chi connectivity index (χ4v) is 2.14. The van der Waals surface area contributed by atoms with Crippen molar-refractivity contribution in [2.45, 2.75) is 12.7 Å². The summed E-state index contributed by atoms with van der Waals surface area (Å²) in [5.41, 5.74) is 2.24. The maximum absolute atomic E-state index is 5.88. The van der Waals surface area contributed by atoms with Crippen LogP contribution in [-0.4, -0.2) is 19.3 Å². The van der Waals surface area contributed by atoms with E-state index in [1.807, 2.05) is 42.5 Å². The summed E-state index contributed by atoms with van der Waals surface area (Å²) >= 11 is 0. The maximum atomic E-state index is 5.88. The smallest absolute Gasteiger partial charge is 0.143 e. The zero-order chi connectivity index (χ0) is 12.9. The largest absolute Gasteiger partial charge is 0.484 e. The molecule has 0 saturated carbocycles. The molecule has 3 rings (SSSR count). The van der Waals surface area contributed by atoms with E-state index in [0.717, 1.165) is 18.0 Å². The third-order valence-corrected chi connectivity index (χ3v) is 3.12. The van der Waals surface area contributed by atoms with Crippen LogP contribution in [0, 0.1) is 0 Å². The van der Waals surface area contributed by atoms with E-state index in [1.165, 1.54) is 5.56 Å². The van der Waals surface area contributed by atoms with Gasteiger partial charge in [0.15, 0.2) is 0 Å². The first kappa shape index (κ1) is 12.1. The number of anilines is 1. The summed E-state index contributed by atoms with van der Waals surface area (Å²) in [6, 6.07) is 18.2. The summed E-state index contributed by atoms with van der Waals surface area (Å²) in [6.07, 6.45) is 0.0682. The maximum Gasteiger partial charge on any atom is 0.143 e. The van der Waals surface area contributed by atoms with Gasteiger partial charge in [-0.2, -0.15) is 0 Å². The quantitative estimate of drug-likeness (QED) is 0.910. The van der Waals surface area contributed by atoms with E-state index in [9.17, 15) is 0 Å². The number of benzene rings is 2. The lowest BCUT2D eigenvalue weighted by Crippen LogP contribution is -2.34. The molecule has 3 nitrogen and oxygen atoms in total. The molecule has 1 N–H and O–H groups in total. The molecule has 0 fully saturated rings. The fraction of sp³-hybridized carbons (Fsp3) is 0.250. The Morgan fingerprint density at radius 2 is 1.84 bits per heavy atom. The molecule has 0 spiro atoms. The van der Waals surface area contributed by atoms with E-state index in [1.54, 1.807) is 0 Å². The Bertz CT molecular complexity index is 527. The van der Waals surface area contributed by atoms with Gasteiger partial charge in [0, 0.05) is 0 Å². The normalized spacial score (nSPS) is 17.2. The Balaban J connectivity index is 1.50. The predicted molar refractivity (Wildman–Crippen MR) is 75.4 cm³/mol. The Labute approximate surface area is 113 Å². The van der Waals surface area contributed by atoms with Crippen LogP contribution in [-0.2, 0) is 11.3 Å². The third-order valence-electron chi connectivity index (χ3n) is 3.12. The van der Waals surface area contributed by atoms with Gasteiger partial charge in [0.25, 0.3) is 0 Å². The number of rotatable bonds is 4. The van der Waals surface area contributed by atoms with Crippen molar-refractivity contribution < 1.29 is 9.47 Å². The lowest BCUT2D eigenvalue weighted by Gasteiger charge is -2.27. The molecule has 19 heavy (non-hydrogen) atoms. The van der Waals surface area contributed by atoms with Crippen LogP contribution in [0.5, 0.6) is 5.75 Å². The van der Waals surface area contributed by atoms with Crippen LogP contribution in [0.3, 0.4) is 0 Å². The lowest BCUT2D eigenvalue weighted by atomic mass is 10.2. The second-order valence-corrected chi connectivity index (χ2v) is 4.62. The van der Waals surface area contributed by atoms with Crippen molar-refractivity contribution in [3.8, 4) is 5.75 Å². The first-order chi connectivity index (χ1) is 9.42. The van der Waals surface area contributed by atoms with E-state index in [-0.39, 0.29) is 6.10 Å². The van der Waals surface area contributed by atoms with E-state index < -0.39 is 0 Å². The zero-order valence-electron chi connectivity index (χ0n) is 10.7. The average molecular weight is 255 g/mol. The SMILES string of the molecule is c1ccc(COCC2CNc3ccccc3O2)cc1. The Kier molecular flexibility index (Phi) is 3.65. The predicted octanol–water partition coefficient (Wildman–Crippen LogP) is 3.08. The number of para-hydroxylation sites is 2. The molecule has 0 aliphatic carbocycles. The molecular formula is C16H17NO2. The molecule has 2 aromatic rings. The molecule has 1 heterocycles. The van der Waals surface area contributed by atoms with Crippen molar-refractivity contribution >= 4 is 5.69 Å². The molecule has 0 amide bonds. The highest BCUT2D eigenvalue weighted by molar-refractivity contribution is 5.57. The van der Waals surface area contributed by atoms with Gasteiger partial charge in [-0.05, 0) is 17.7 Å². The monoisotopic (exact) mass is 255 g/mol. The van der Waals surface area contributed by atoms with Gasteiger partial charge in [-0.3, -0.25) is 0 Å². The molecule has 0 bridgehead atoms. The minimum absolute atomic E-state index is 0.0682. The summed E-state index contributed by atoms with van der Waals surface area (Å²) in [6.45, 7) is 2.00. The van der Waals surface area contributed by atoms with Crippen molar-refractivity contribution in [1.82, 2.24) is 0 Å². The Hall–Kier alpha value is -2.00. The van der Waals surface area contributed by atoms with Gasteiger partial charge < -0.3 is 14.8 Å². The molecule has 1 aliphatic heterocycles. The molecule has 1 aliphatic rings. The molecule has 0 saturated heterocycles. The van der Waals surface area contributed by atoms with Gasteiger partial charge in [0.2, 0.25) is 0 Å². The highest BCUT2D eigenvalue weighted by Gasteiger charge is 2.18. The molecule has 98 valence electrons. The topological polar surface area (TPSA) is 30.5 Å². The van der Waals surface area contributed by atoms with Crippen molar-refractivity contribution in [2.75, 3.05) is 18.5 Å². The van der Waals surface area contributed by atoms with Crippen molar-refractivity contribution in [3.05, 3.63) is 60.2 Å². The van der Waals surface area contributed by atoms with Gasteiger partial charge in [0.1, 0.15) is 11.9 Å². The number of fused-ring (bicyclic) bond motifs is 1. The molecular weight excluding hydrogens is 238 g/mol. The Morgan fingerprint density at radius 3 is 2.74 bits per heavy atom. The van der Waals surface area contributed by atoms with Crippen molar-refractivity contribution in [2.24, 2.45) is 0 Å². The van der Waals surface area contributed by atoms with Gasteiger partial charge >= 0.3 is 0 Å². The van der Waals surface area contributed by atoms with Gasteiger partial charge in [0.05, 0.1) is 25.4 Å². The van der Waals surface area contributed by atoms with Gasteiger partial charge in [-0.25, -0.2) is 0 Å². The summed E-state index contributed by atoms with van der Waals surface area (Å²) in [5.74, 6) is 0.905. The third kappa shape index (κ3) is 3.06. The first-order valence-electron chi connectivity index (χ1n) is 6.53. The summed E-state index contributed by atoms with van der Waals surface area (Å²) < 4.78 is 11.6. The van der Waals surface area contributed by atoms with Crippen LogP contribution in [0.1, 0.15) is 5.56 Å². The molecule has 1 atom stereocenters. The van der Waals surface area contributed by atoms with E-state index in [2.05, 4.69) is 17.4 Å². The van der Waals surface area contributed by atoms with E-state index >= 15 is 0 Å². The highest BCUT2D eigenvalue weighted by Crippen LogP contribution is 2.28. The fourth-order valence-electron chi connectivity index (χ4n) is 2.14. The summed E-state index contributed by atoms with van der Waals surface area (Å²) in [4.78, 5) is 0. The van der Waals surface area contributed by atoms with E-state index in [0.29, 0.717) is 13.2 Å². The Morgan fingerprint density at radius 1 is 1.05 bits per heavy atom. The number of hydrogen-bond donors (Lipinski definition) is 1. The first-order valence-corrected chi connectivity index (χ1v) is 6.53. The van der Waals surface area contributed by atoms with Crippen molar-refractivity contribution in [3.63, 3.8) is 0 Å². The minimum Gasteiger partial charge on any atom is -0.484 e. The number of nitrogens with one attached hydrogen (secondary N) is 1. The highest BCUT2D eigenvalue weighted by atomic mass is 16.5. The number of hydrogen-bond acceptors (Lipinski definition) is 3. The standard InChI is InChI=1S/C16H17NO2/c1-2-6-13(7-3-1)11-18-12-14-10-17-15-8-4-5-9-16(15)19-14/h1-9,14,17H,10-12H2. The van der Waals surface area contributed by atoms with Crippen LogP contribution in [0.15, 0.2) is 54.6 Å². The molecule has 2 aromatic carbocycles. The average Bonchev–Trinajstić information content (AvgIpc) is 2.48. The number of ether oxygens (including phenoxy) is 2. The van der Waals surface area contributed by atoms with Gasteiger partial charge in [-0.15, -0.1) is 0 Å². The van der Waals surface area contributed by atoms with Crippen molar-refractivity contribution in [1.29, 1.82) is 0 Å². The molecule has 3 heteroatoms. The molecule has 0 radical (unpaired) electrons. The summed E-state index contributed by atoms with van der Waals surface area (Å²) in [5, 5.41) is 3.36. The van der Waals surface area contributed by atoms with Crippen LogP contribution in [0.25, 0.3) is 0 Å². The zero-order valence-corrected chi connectivity index (χ0v) is 10.7. The minimum atomic E-state index is 0.0682. The molecule has 1 unspecified atom stereocenters. The van der Waals surface area contributed by atoms with E-state index in [4.69, 9.17) is 9.47 Å². The lowest BCUT2D eigenvalue weighted by molar-refractivity contribution is 0.0442. The second kappa shape index (κ2) is 5.76.